The highest BCUT2D eigenvalue weighted by Gasteiger charge is 2.48. The van der Waals surface area contributed by atoms with Gasteiger partial charge in [0, 0.05) is 35.5 Å². The van der Waals surface area contributed by atoms with Gasteiger partial charge in [0.2, 0.25) is 15.9 Å². The van der Waals surface area contributed by atoms with Crippen LogP contribution in [-0.2, 0) is 41.3 Å². The third-order valence-corrected chi connectivity index (χ3v) is 9.90. The highest BCUT2D eigenvalue weighted by Crippen LogP contribution is 2.47. The monoisotopic (exact) mass is 727 g/mol. The Kier molecular flexibility index (Phi) is 10.4. The van der Waals surface area contributed by atoms with Crippen LogP contribution in [-0.4, -0.2) is 75.3 Å². The summed E-state index contributed by atoms with van der Waals surface area (Å²) in [6.45, 7) is -1.92. The first-order chi connectivity index (χ1) is 23.4. The third-order valence-electron chi connectivity index (χ3n) is 8.16. The summed E-state index contributed by atoms with van der Waals surface area (Å²) in [5.74, 6) is -1.83. The molecule has 0 radical (unpaired) electrons. The van der Waals surface area contributed by atoms with Gasteiger partial charge in [-0.3, -0.25) is 19.9 Å². The molecule has 0 saturated carbocycles. The molecule has 0 bridgehead atoms. The molecule has 3 unspecified atom stereocenters. The fourth-order valence-corrected chi connectivity index (χ4v) is 7.08. The van der Waals surface area contributed by atoms with E-state index in [2.05, 4.69) is 10.3 Å². The quantitative estimate of drug-likeness (QED) is 0.268. The second kappa shape index (κ2) is 14.1. The van der Waals surface area contributed by atoms with Crippen LogP contribution >= 0.6 is 0 Å². The molecule has 1 aliphatic heterocycles. The Bertz CT molecular complexity index is 1930. The lowest BCUT2D eigenvalue weighted by atomic mass is 9.82. The second-order valence-corrected chi connectivity index (χ2v) is 13.6. The van der Waals surface area contributed by atoms with Gasteiger partial charge in [-0.25, -0.2) is 12.7 Å². The molecule has 1 N–H and O–H groups in total. The molecule has 1 aromatic heterocycles. The average molecular weight is 728 g/mol. The summed E-state index contributed by atoms with van der Waals surface area (Å²) in [6, 6.07) is 12.4. The largest absolute Gasteiger partial charge is 0.496 e. The number of amides is 1. The van der Waals surface area contributed by atoms with Crippen LogP contribution in [0.1, 0.15) is 45.7 Å². The standard InChI is InChI=1S/C33H31F6N3O7S/c1-18-13-19(15-50(45,46)42(2)24(43)14-20-7-4-5-9-23(20)47-3)10-11-21(18)28-25-26(31(41-28)49-17-33(37,38)39)27-22(8-6-12-40-27)30(29(25)44)48-16-32(34,35)36/h4-13,28,30-31,41H,14-17H2,1-3H3. The number of fused-ring (bicyclic) bond motifs is 2. The summed E-state index contributed by atoms with van der Waals surface area (Å²) in [7, 11) is -1.65. The van der Waals surface area contributed by atoms with Gasteiger partial charge in [0.15, 0.2) is 5.78 Å². The number of aryl methyl sites for hydroxylation is 1. The minimum absolute atomic E-state index is 0.0577. The summed E-state index contributed by atoms with van der Waals surface area (Å²) in [5.41, 5.74) is 1.03. The number of sulfonamides is 1. The van der Waals surface area contributed by atoms with Gasteiger partial charge in [-0.2, -0.15) is 26.3 Å². The van der Waals surface area contributed by atoms with Crippen molar-refractivity contribution in [1.82, 2.24) is 14.6 Å². The molecule has 5 rings (SSSR count). The number of nitrogens with zero attached hydrogens (tertiary/aromatic N) is 2. The van der Waals surface area contributed by atoms with Crippen LogP contribution in [0.4, 0.5) is 26.3 Å². The summed E-state index contributed by atoms with van der Waals surface area (Å²) in [4.78, 5) is 31.0. The van der Waals surface area contributed by atoms with E-state index >= 15 is 0 Å². The number of benzene rings is 2. The molecule has 50 heavy (non-hydrogen) atoms. The molecule has 268 valence electrons. The van der Waals surface area contributed by atoms with Crippen LogP contribution in [0.15, 0.2) is 66.4 Å². The SMILES string of the molecule is COc1ccccc1CC(=O)N(C)S(=O)(=O)Cc1ccc(C2NC(OCC(F)(F)F)C3=C2C(=O)C(OCC(F)(F)F)c2cccnc23)c(C)c1. The first-order valence-electron chi connectivity index (χ1n) is 15.0. The molecule has 1 aliphatic carbocycles. The van der Waals surface area contributed by atoms with Crippen molar-refractivity contribution in [3.05, 3.63) is 99.9 Å². The van der Waals surface area contributed by atoms with Crippen LogP contribution in [0.3, 0.4) is 0 Å². The topological polar surface area (TPSA) is 124 Å². The number of alkyl halides is 6. The number of ketones is 1. The van der Waals surface area contributed by atoms with E-state index in [-0.39, 0.29) is 34.4 Å². The van der Waals surface area contributed by atoms with E-state index in [1.54, 1.807) is 31.2 Å². The molecule has 0 fully saturated rings. The van der Waals surface area contributed by atoms with E-state index in [1.165, 1.54) is 43.6 Å². The second-order valence-electron chi connectivity index (χ2n) is 11.6. The number of halogens is 6. The normalized spacial score (nSPS) is 19.3. The number of nitrogens with one attached hydrogen (secondary N) is 1. The first-order valence-corrected chi connectivity index (χ1v) is 16.6. The Labute approximate surface area is 283 Å². The molecule has 2 heterocycles. The number of Topliss-reactive ketones (excluding diaryl/α,β-unsaturated/α-hetero) is 1. The minimum Gasteiger partial charge on any atom is -0.496 e. The van der Waals surface area contributed by atoms with Gasteiger partial charge < -0.3 is 14.2 Å². The van der Waals surface area contributed by atoms with Crippen molar-refractivity contribution in [1.29, 1.82) is 0 Å². The van der Waals surface area contributed by atoms with E-state index in [0.717, 1.165) is 7.05 Å². The zero-order valence-corrected chi connectivity index (χ0v) is 27.6. The van der Waals surface area contributed by atoms with E-state index in [4.69, 9.17) is 14.2 Å². The number of carbonyl (C=O) groups excluding carboxylic acids is 2. The number of methoxy groups -OCH3 is 1. The average Bonchev–Trinajstić information content (AvgIpc) is 3.42. The number of likely N-dealkylation sites (N-methyl/N-ethyl adjacent to an activating group) is 1. The number of pyridine rings is 1. The molecule has 2 aliphatic rings. The lowest BCUT2D eigenvalue weighted by molar-refractivity contribution is -0.187. The summed E-state index contributed by atoms with van der Waals surface area (Å²) >= 11 is 0. The van der Waals surface area contributed by atoms with Crippen LogP contribution in [0.5, 0.6) is 5.75 Å². The molecular formula is C33H31F6N3O7S. The van der Waals surface area contributed by atoms with Crippen molar-refractivity contribution in [2.75, 3.05) is 27.4 Å². The first kappa shape index (κ1) is 36.9. The number of hydrogen-bond donors (Lipinski definition) is 1. The molecule has 10 nitrogen and oxygen atoms in total. The van der Waals surface area contributed by atoms with Gasteiger partial charge in [-0.15, -0.1) is 0 Å². The molecule has 2 aromatic carbocycles. The Morgan fingerprint density at radius 3 is 2.28 bits per heavy atom. The zero-order chi connectivity index (χ0) is 36.6. The maximum Gasteiger partial charge on any atom is 0.411 e. The van der Waals surface area contributed by atoms with Gasteiger partial charge in [0.05, 0.1) is 31.0 Å². The van der Waals surface area contributed by atoms with Crippen molar-refractivity contribution in [2.45, 2.75) is 49.8 Å². The van der Waals surface area contributed by atoms with Gasteiger partial charge in [-0.05, 0) is 35.7 Å². The molecule has 17 heteroatoms. The smallest absolute Gasteiger partial charge is 0.411 e. The molecule has 0 spiro atoms. The van der Waals surface area contributed by atoms with Crippen molar-refractivity contribution in [3.63, 3.8) is 0 Å². The van der Waals surface area contributed by atoms with Gasteiger partial charge >= 0.3 is 12.4 Å². The highest BCUT2D eigenvalue weighted by atomic mass is 32.2. The predicted octanol–water partition coefficient (Wildman–Crippen LogP) is 5.14. The van der Waals surface area contributed by atoms with Crippen LogP contribution in [0, 0.1) is 6.92 Å². The summed E-state index contributed by atoms with van der Waals surface area (Å²) < 4.78 is 122. The summed E-state index contributed by atoms with van der Waals surface area (Å²) in [6.07, 6.45) is -11.8. The Hall–Kier alpha value is -4.32. The summed E-state index contributed by atoms with van der Waals surface area (Å²) in [5, 5.41) is 2.84. The minimum atomic E-state index is -4.79. The van der Waals surface area contributed by atoms with Crippen LogP contribution in [0.25, 0.3) is 5.57 Å². The Morgan fingerprint density at radius 2 is 1.62 bits per heavy atom. The number of ether oxygens (including phenoxy) is 3. The van der Waals surface area contributed by atoms with E-state index in [9.17, 15) is 44.3 Å². The van der Waals surface area contributed by atoms with Crippen molar-refractivity contribution >= 4 is 27.3 Å². The van der Waals surface area contributed by atoms with E-state index < -0.39 is 71.4 Å². The van der Waals surface area contributed by atoms with Crippen molar-refractivity contribution in [3.8, 4) is 5.75 Å². The molecule has 1 amide bonds. The predicted molar refractivity (Wildman–Crippen MR) is 166 cm³/mol. The number of rotatable bonds is 11. The number of para-hydroxylation sites is 1. The zero-order valence-electron chi connectivity index (χ0n) is 26.8. The maximum atomic E-state index is 13.9. The molecule has 3 aromatic rings. The molecule has 3 atom stereocenters. The Morgan fingerprint density at radius 1 is 0.940 bits per heavy atom. The van der Waals surface area contributed by atoms with E-state index in [1.807, 2.05) is 0 Å². The Balaban J connectivity index is 1.45. The highest BCUT2D eigenvalue weighted by molar-refractivity contribution is 7.88. The number of carbonyl (C=O) groups is 2. The third kappa shape index (κ3) is 8.01. The lowest BCUT2D eigenvalue weighted by Gasteiger charge is -2.28. The van der Waals surface area contributed by atoms with Gasteiger partial charge in [0.1, 0.15) is 31.3 Å². The van der Waals surface area contributed by atoms with Gasteiger partial charge in [0.25, 0.3) is 0 Å². The molecular weight excluding hydrogens is 696 g/mol. The van der Waals surface area contributed by atoms with Crippen molar-refractivity contribution in [2.24, 2.45) is 0 Å². The molecule has 0 saturated heterocycles. The fraction of sp³-hybridized carbons (Fsp3) is 0.364. The van der Waals surface area contributed by atoms with Gasteiger partial charge in [-0.1, -0.05) is 42.5 Å². The number of hydrogen-bond acceptors (Lipinski definition) is 9. The number of aromatic nitrogens is 1. The lowest BCUT2D eigenvalue weighted by Crippen LogP contribution is -2.35. The maximum absolute atomic E-state index is 13.9. The van der Waals surface area contributed by atoms with E-state index in [0.29, 0.717) is 26.7 Å². The van der Waals surface area contributed by atoms with Crippen molar-refractivity contribution < 1.29 is 58.6 Å². The van der Waals surface area contributed by atoms with Crippen LogP contribution in [0.2, 0.25) is 0 Å². The van der Waals surface area contributed by atoms with Crippen LogP contribution < -0.4 is 10.1 Å². The fourth-order valence-electron chi connectivity index (χ4n) is 5.91.